The zero-order valence-electron chi connectivity index (χ0n) is 7.80. The van der Waals surface area contributed by atoms with Crippen molar-refractivity contribution in [3.05, 3.63) is 0 Å². The average molecular weight is 276 g/mol. The van der Waals surface area contributed by atoms with Gasteiger partial charge in [-0.15, -0.1) is 46.4 Å². The van der Waals surface area contributed by atoms with Gasteiger partial charge in [0.15, 0.2) is 0 Å². The van der Waals surface area contributed by atoms with Gasteiger partial charge in [0, 0.05) is 0 Å². The van der Waals surface area contributed by atoms with E-state index in [0.29, 0.717) is 11.8 Å². The Morgan fingerprint density at radius 2 is 0.929 bits per heavy atom. The van der Waals surface area contributed by atoms with Crippen molar-refractivity contribution in [1.82, 2.24) is 0 Å². The molecule has 0 bridgehead atoms. The first-order valence-corrected chi connectivity index (χ1v) is 6.94. The van der Waals surface area contributed by atoms with Crippen molar-refractivity contribution < 1.29 is 0 Å². The van der Waals surface area contributed by atoms with Crippen LogP contribution in [0.25, 0.3) is 0 Å². The fourth-order valence-electron chi connectivity index (χ4n) is 2.80. The number of rotatable bonds is 0. The monoisotopic (exact) mass is 274 g/mol. The van der Waals surface area contributed by atoms with Crippen LogP contribution in [-0.4, -0.2) is 21.5 Å². The van der Waals surface area contributed by atoms with Crippen molar-refractivity contribution in [2.75, 3.05) is 0 Å². The van der Waals surface area contributed by atoms with E-state index in [0.717, 1.165) is 12.8 Å². The molecule has 0 aromatic rings. The molecule has 0 N–H and O–H groups in total. The lowest BCUT2D eigenvalue weighted by Gasteiger charge is -2.46. The van der Waals surface area contributed by atoms with Crippen LogP contribution in [0.15, 0.2) is 0 Å². The Morgan fingerprint density at radius 3 is 1.29 bits per heavy atom. The molecule has 2 aliphatic rings. The maximum atomic E-state index is 6.33. The minimum atomic E-state index is -0.180. The second-order valence-electron chi connectivity index (χ2n) is 4.39. The number of hydrogen-bond donors (Lipinski definition) is 0. The molecule has 0 heterocycles. The average Bonchev–Trinajstić information content (AvgIpc) is 2.23. The fourth-order valence-corrected chi connectivity index (χ4v) is 4.58. The molecule has 0 nitrogen and oxygen atoms in total. The molecule has 6 unspecified atom stereocenters. The summed E-state index contributed by atoms with van der Waals surface area (Å²) in [6.45, 7) is 0. The second kappa shape index (κ2) is 4.57. The maximum Gasteiger partial charge on any atom is 0.0680 e. The van der Waals surface area contributed by atoms with Gasteiger partial charge >= 0.3 is 0 Å². The molecule has 0 radical (unpaired) electrons. The molecule has 14 heavy (non-hydrogen) atoms. The van der Waals surface area contributed by atoms with Gasteiger partial charge in [0.2, 0.25) is 0 Å². The summed E-state index contributed by atoms with van der Waals surface area (Å²) in [6, 6.07) is 0. The van der Waals surface area contributed by atoms with Crippen LogP contribution >= 0.6 is 46.4 Å². The molecule has 2 rings (SSSR count). The number of fused-ring (bicyclic) bond motifs is 1. The van der Waals surface area contributed by atoms with Crippen molar-refractivity contribution in [2.45, 2.75) is 47.2 Å². The predicted octanol–water partition coefficient (Wildman–Crippen LogP) is 4.24. The highest BCUT2D eigenvalue weighted by molar-refractivity contribution is 6.38. The molecule has 0 aromatic carbocycles. The summed E-state index contributed by atoms with van der Waals surface area (Å²) < 4.78 is 0. The SMILES string of the molecule is ClC1C(Cl)C(Cl)C2CCCCC2C1Cl. The summed E-state index contributed by atoms with van der Waals surface area (Å²) in [6.07, 6.45) is 4.83. The standard InChI is InChI=1S/C10H14Cl4/c11-7-5-3-1-2-4-6(5)8(12)10(14)9(7)13/h5-10H,1-4H2. The third-order valence-electron chi connectivity index (χ3n) is 3.61. The van der Waals surface area contributed by atoms with Crippen LogP contribution in [0.1, 0.15) is 25.7 Å². The molecule has 4 heteroatoms. The highest BCUT2D eigenvalue weighted by atomic mass is 35.5. The Balaban J connectivity index is 2.16. The molecule has 0 aliphatic heterocycles. The summed E-state index contributed by atoms with van der Waals surface area (Å²) in [5, 5.41) is -0.362. The first-order chi connectivity index (χ1) is 6.63. The van der Waals surface area contributed by atoms with Gasteiger partial charge in [-0.05, 0) is 24.7 Å². The van der Waals surface area contributed by atoms with Gasteiger partial charge in [-0.1, -0.05) is 12.8 Å². The molecule has 0 saturated heterocycles. The lowest BCUT2D eigenvalue weighted by molar-refractivity contribution is 0.185. The van der Waals surface area contributed by atoms with E-state index < -0.39 is 0 Å². The quantitative estimate of drug-likeness (QED) is 0.580. The van der Waals surface area contributed by atoms with Crippen LogP contribution in [0.5, 0.6) is 0 Å². The highest BCUT2D eigenvalue weighted by Crippen LogP contribution is 2.48. The third kappa shape index (κ3) is 1.88. The topological polar surface area (TPSA) is 0 Å². The normalized spacial score (nSPS) is 54.0. The van der Waals surface area contributed by atoms with Crippen LogP contribution < -0.4 is 0 Å². The molecular weight excluding hydrogens is 262 g/mol. The molecule has 2 saturated carbocycles. The van der Waals surface area contributed by atoms with Gasteiger partial charge in [-0.3, -0.25) is 0 Å². The summed E-state index contributed by atoms with van der Waals surface area (Å²) in [5.74, 6) is 0.954. The molecule has 82 valence electrons. The molecule has 0 aromatic heterocycles. The number of hydrogen-bond acceptors (Lipinski definition) is 0. The van der Waals surface area contributed by atoms with Crippen molar-refractivity contribution in [1.29, 1.82) is 0 Å². The van der Waals surface area contributed by atoms with Gasteiger partial charge < -0.3 is 0 Å². The number of halogens is 4. The van der Waals surface area contributed by atoms with E-state index in [4.69, 9.17) is 46.4 Å². The predicted molar refractivity (Wildman–Crippen MR) is 64.0 cm³/mol. The van der Waals surface area contributed by atoms with E-state index >= 15 is 0 Å². The van der Waals surface area contributed by atoms with E-state index in [1.165, 1.54) is 12.8 Å². The Bertz CT molecular complexity index is 186. The van der Waals surface area contributed by atoms with E-state index in [-0.39, 0.29) is 21.5 Å². The molecule has 2 aliphatic carbocycles. The molecule has 2 fully saturated rings. The Morgan fingerprint density at radius 1 is 0.571 bits per heavy atom. The van der Waals surface area contributed by atoms with Crippen molar-refractivity contribution in [3.63, 3.8) is 0 Å². The zero-order chi connectivity index (χ0) is 10.3. The van der Waals surface area contributed by atoms with Crippen molar-refractivity contribution in [3.8, 4) is 0 Å². The minimum Gasteiger partial charge on any atom is -0.121 e. The van der Waals surface area contributed by atoms with Gasteiger partial charge in [0.1, 0.15) is 0 Å². The van der Waals surface area contributed by atoms with Gasteiger partial charge in [0.05, 0.1) is 21.5 Å². The Hall–Kier alpha value is 1.16. The van der Waals surface area contributed by atoms with Crippen LogP contribution in [0.4, 0.5) is 0 Å². The largest absolute Gasteiger partial charge is 0.121 e. The van der Waals surface area contributed by atoms with E-state index in [9.17, 15) is 0 Å². The van der Waals surface area contributed by atoms with Crippen LogP contribution in [-0.2, 0) is 0 Å². The first kappa shape index (κ1) is 11.6. The highest BCUT2D eigenvalue weighted by Gasteiger charge is 2.48. The minimum absolute atomic E-state index is 0.000494. The van der Waals surface area contributed by atoms with Gasteiger partial charge in [0.25, 0.3) is 0 Å². The van der Waals surface area contributed by atoms with E-state index in [1.54, 1.807) is 0 Å². The zero-order valence-corrected chi connectivity index (χ0v) is 10.8. The maximum absolute atomic E-state index is 6.33. The van der Waals surface area contributed by atoms with Gasteiger partial charge in [-0.25, -0.2) is 0 Å². The Kier molecular flexibility index (Phi) is 3.80. The molecule has 0 amide bonds. The first-order valence-electron chi connectivity index (χ1n) is 5.19. The number of alkyl halides is 4. The lowest BCUT2D eigenvalue weighted by Crippen LogP contribution is -2.51. The van der Waals surface area contributed by atoms with Gasteiger partial charge in [-0.2, -0.15) is 0 Å². The summed E-state index contributed by atoms with van der Waals surface area (Å²) in [4.78, 5) is 0. The van der Waals surface area contributed by atoms with Crippen molar-refractivity contribution >= 4 is 46.4 Å². The summed E-state index contributed by atoms with van der Waals surface area (Å²) in [5.41, 5.74) is 0. The second-order valence-corrected chi connectivity index (χ2v) is 6.41. The smallest absolute Gasteiger partial charge is 0.0680 e. The fraction of sp³-hybridized carbons (Fsp3) is 1.00. The molecule has 0 spiro atoms. The van der Waals surface area contributed by atoms with E-state index in [2.05, 4.69) is 0 Å². The third-order valence-corrected chi connectivity index (χ3v) is 6.27. The summed E-state index contributed by atoms with van der Waals surface area (Å²) in [7, 11) is 0. The molecular formula is C10H14Cl4. The van der Waals surface area contributed by atoms with E-state index in [1.807, 2.05) is 0 Å². The van der Waals surface area contributed by atoms with Crippen LogP contribution in [0.2, 0.25) is 0 Å². The summed E-state index contributed by atoms with van der Waals surface area (Å²) >= 11 is 25.0. The lowest BCUT2D eigenvalue weighted by atomic mass is 9.70. The van der Waals surface area contributed by atoms with Crippen LogP contribution in [0.3, 0.4) is 0 Å². The van der Waals surface area contributed by atoms with Crippen LogP contribution in [0, 0.1) is 11.8 Å². The molecule has 6 atom stereocenters. The van der Waals surface area contributed by atoms with Crippen molar-refractivity contribution in [2.24, 2.45) is 11.8 Å². The Labute approximate surface area is 105 Å².